The van der Waals surface area contributed by atoms with Crippen LogP contribution in [-0.2, 0) is 0 Å². The maximum absolute atomic E-state index is 11.6. The van der Waals surface area contributed by atoms with Crippen molar-refractivity contribution in [2.24, 2.45) is 0 Å². The summed E-state index contributed by atoms with van der Waals surface area (Å²) >= 11 is 0. The van der Waals surface area contributed by atoms with Crippen LogP contribution in [0, 0.1) is 0 Å². The highest BCUT2D eigenvalue weighted by Gasteiger charge is 2.06. The van der Waals surface area contributed by atoms with Crippen LogP contribution in [0.4, 0.5) is 10.5 Å². The first-order valence-electron chi connectivity index (χ1n) is 5.45. The highest BCUT2D eigenvalue weighted by molar-refractivity contribution is 5.92. The van der Waals surface area contributed by atoms with Crippen molar-refractivity contribution in [3.05, 3.63) is 24.0 Å². The SMILES string of the molecule is CN(C)C(=O)NCCNC(=O)c1ccc(N)cn1. The monoisotopic (exact) mass is 251 g/mol. The van der Waals surface area contributed by atoms with Crippen molar-refractivity contribution in [3.8, 4) is 0 Å². The fraction of sp³-hybridized carbons (Fsp3) is 0.364. The van der Waals surface area contributed by atoms with E-state index in [4.69, 9.17) is 5.73 Å². The molecule has 0 atom stereocenters. The molecule has 4 N–H and O–H groups in total. The van der Waals surface area contributed by atoms with Gasteiger partial charge in [-0.25, -0.2) is 9.78 Å². The molecule has 1 aromatic heterocycles. The quantitative estimate of drug-likeness (QED) is 0.637. The van der Waals surface area contributed by atoms with Gasteiger partial charge >= 0.3 is 6.03 Å². The first-order chi connectivity index (χ1) is 8.50. The lowest BCUT2D eigenvalue weighted by molar-refractivity contribution is 0.0948. The predicted octanol–water partition coefficient (Wildman–Crippen LogP) is -0.335. The topological polar surface area (TPSA) is 100 Å². The molecule has 98 valence electrons. The molecule has 0 aromatic carbocycles. The highest BCUT2D eigenvalue weighted by Crippen LogP contribution is 2.00. The smallest absolute Gasteiger partial charge is 0.316 e. The summed E-state index contributed by atoms with van der Waals surface area (Å²) in [6.07, 6.45) is 1.42. The molecule has 1 aromatic rings. The standard InChI is InChI=1S/C11H17N5O2/c1-16(2)11(18)14-6-5-13-10(17)9-4-3-8(12)7-15-9/h3-4,7H,5-6,12H2,1-2H3,(H,13,17)(H,14,18). The van der Waals surface area contributed by atoms with Crippen LogP contribution in [-0.4, -0.2) is 49.0 Å². The summed E-state index contributed by atoms with van der Waals surface area (Å²) in [5.41, 5.74) is 6.26. The Morgan fingerprint density at radius 3 is 2.50 bits per heavy atom. The van der Waals surface area contributed by atoms with Crippen molar-refractivity contribution in [1.29, 1.82) is 0 Å². The average Bonchev–Trinajstić information content (AvgIpc) is 2.34. The molecule has 18 heavy (non-hydrogen) atoms. The van der Waals surface area contributed by atoms with Crippen LogP contribution in [0.2, 0.25) is 0 Å². The number of nitrogens with zero attached hydrogens (tertiary/aromatic N) is 2. The number of urea groups is 1. The van der Waals surface area contributed by atoms with Crippen molar-refractivity contribution >= 4 is 17.6 Å². The van der Waals surface area contributed by atoms with Crippen molar-refractivity contribution in [3.63, 3.8) is 0 Å². The molecule has 1 rings (SSSR count). The van der Waals surface area contributed by atoms with Crippen LogP contribution < -0.4 is 16.4 Å². The second-order valence-corrected chi connectivity index (χ2v) is 3.86. The van der Waals surface area contributed by atoms with Crippen LogP contribution in [0.1, 0.15) is 10.5 Å². The van der Waals surface area contributed by atoms with E-state index in [1.54, 1.807) is 26.2 Å². The van der Waals surface area contributed by atoms with Crippen molar-refractivity contribution < 1.29 is 9.59 Å². The molecule has 0 aliphatic rings. The molecule has 0 spiro atoms. The van der Waals surface area contributed by atoms with E-state index in [1.165, 1.54) is 11.1 Å². The molecule has 3 amide bonds. The zero-order valence-corrected chi connectivity index (χ0v) is 10.4. The first kappa shape index (κ1) is 13.8. The minimum Gasteiger partial charge on any atom is -0.397 e. The number of anilines is 1. The number of amides is 3. The van der Waals surface area contributed by atoms with Crippen LogP contribution >= 0.6 is 0 Å². The van der Waals surface area contributed by atoms with E-state index in [2.05, 4.69) is 15.6 Å². The van der Waals surface area contributed by atoms with E-state index in [0.717, 1.165) is 0 Å². The molecule has 0 radical (unpaired) electrons. The molecule has 7 nitrogen and oxygen atoms in total. The minimum absolute atomic E-state index is 0.199. The van der Waals surface area contributed by atoms with E-state index < -0.39 is 0 Å². The van der Waals surface area contributed by atoms with Gasteiger partial charge in [0, 0.05) is 27.2 Å². The molecule has 0 bridgehead atoms. The molecule has 0 saturated carbocycles. The number of carbonyl (C=O) groups is 2. The second-order valence-electron chi connectivity index (χ2n) is 3.86. The molecular formula is C11H17N5O2. The Bertz CT molecular complexity index is 416. The number of nitrogens with one attached hydrogen (secondary N) is 2. The molecule has 0 saturated heterocycles. The Hall–Kier alpha value is -2.31. The first-order valence-corrected chi connectivity index (χ1v) is 5.45. The third-order valence-corrected chi connectivity index (χ3v) is 2.11. The molecule has 7 heteroatoms. The van der Waals surface area contributed by atoms with Gasteiger partial charge in [-0.2, -0.15) is 0 Å². The van der Waals surface area contributed by atoms with E-state index in [0.29, 0.717) is 24.5 Å². The van der Waals surface area contributed by atoms with Crippen LogP contribution in [0.3, 0.4) is 0 Å². The van der Waals surface area contributed by atoms with Gasteiger partial charge in [0.25, 0.3) is 5.91 Å². The fourth-order valence-corrected chi connectivity index (χ4v) is 1.13. The number of hydrogen-bond donors (Lipinski definition) is 3. The van der Waals surface area contributed by atoms with Gasteiger partial charge in [0.2, 0.25) is 0 Å². The van der Waals surface area contributed by atoms with Crippen LogP contribution in [0.25, 0.3) is 0 Å². The number of aromatic nitrogens is 1. The Kier molecular flexibility index (Phi) is 4.91. The zero-order valence-electron chi connectivity index (χ0n) is 10.4. The van der Waals surface area contributed by atoms with Gasteiger partial charge in [0.05, 0.1) is 11.9 Å². The highest BCUT2D eigenvalue weighted by atomic mass is 16.2. The molecule has 0 unspecified atom stereocenters. The van der Waals surface area contributed by atoms with Gasteiger partial charge in [-0.3, -0.25) is 4.79 Å². The second kappa shape index (κ2) is 6.43. The average molecular weight is 251 g/mol. The number of rotatable bonds is 4. The van der Waals surface area contributed by atoms with Crippen LogP contribution in [0.5, 0.6) is 0 Å². The van der Waals surface area contributed by atoms with Crippen molar-refractivity contribution in [2.45, 2.75) is 0 Å². The summed E-state index contributed by atoms with van der Waals surface area (Å²) < 4.78 is 0. The predicted molar refractivity (Wildman–Crippen MR) is 68.1 cm³/mol. The van der Waals surface area contributed by atoms with E-state index in [9.17, 15) is 9.59 Å². The van der Waals surface area contributed by atoms with Crippen molar-refractivity contribution in [1.82, 2.24) is 20.5 Å². The Morgan fingerprint density at radius 1 is 1.28 bits per heavy atom. The normalized spacial score (nSPS) is 9.67. The van der Waals surface area contributed by atoms with Gasteiger partial charge in [0.1, 0.15) is 5.69 Å². The lowest BCUT2D eigenvalue weighted by Gasteiger charge is -2.12. The third kappa shape index (κ3) is 4.28. The molecule has 1 heterocycles. The number of nitrogen functional groups attached to an aromatic ring is 1. The number of hydrogen-bond acceptors (Lipinski definition) is 4. The largest absolute Gasteiger partial charge is 0.397 e. The number of pyridine rings is 1. The number of carbonyl (C=O) groups excluding carboxylic acids is 2. The number of nitrogens with two attached hydrogens (primary N) is 1. The maximum Gasteiger partial charge on any atom is 0.316 e. The molecule has 0 aliphatic heterocycles. The molecule has 0 aliphatic carbocycles. The Morgan fingerprint density at radius 2 is 1.94 bits per heavy atom. The van der Waals surface area contributed by atoms with E-state index >= 15 is 0 Å². The summed E-state index contributed by atoms with van der Waals surface area (Å²) in [7, 11) is 3.29. The maximum atomic E-state index is 11.6. The lowest BCUT2D eigenvalue weighted by Crippen LogP contribution is -2.39. The van der Waals surface area contributed by atoms with Gasteiger partial charge in [-0.05, 0) is 12.1 Å². The van der Waals surface area contributed by atoms with Crippen molar-refractivity contribution in [2.75, 3.05) is 32.9 Å². The molecule has 0 fully saturated rings. The fourth-order valence-electron chi connectivity index (χ4n) is 1.13. The summed E-state index contributed by atoms with van der Waals surface area (Å²) in [5, 5.41) is 5.27. The van der Waals surface area contributed by atoms with Gasteiger partial charge < -0.3 is 21.3 Å². The minimum atomic E-state index is -0.297. The summed E-state index contributed by atoms with van der Waals surface area (Å²) in [4.78, 5) is 28.1. The van der Waals surface area contributed by atoms with Gasteiger partial charge in [0.15, 0.2) is 0 Å². The van der Waals surface area contributed by atoms with E-state index in [-0.39, 0.29) is 11.9 Å². The Balaban J connectivity index is 2.29. The lowest BCUT2D eigenvalue weighted by atomic mass is 10.3. The molecular weight excluding hydrogens is 234 g/mol. The van der Waals surface area contributed by atoms with Crippen LogP contribution in [0.15, 0.2) is 18.3 Å². The summed E-state index contributed by atoms with van der Waals surface area (Å²) in [6, 6.07) is 2.95. The zero-order chi connectivity index (χ0) is 13.5. The summed E-state index contributed by atoms with van der Waals surface area (Å²) in [6.45, 7) is 0.697. The van der Waals surface area contributed by atoms with Gasteiger partial charge in [-0.1, -0.05) is 0 Å². The Labute approximate surface area is 105 Å². The van der Waals surface area contributed by atoms with E-state index in [1.807, 2.05) is 0 Å². The van der Waals surface area contributed by atoms with Gasteiger partial charge in [-0.15, -0.1) is 0 Å². The third-order valence-electron chi connectivity index (χ3n) is 2.11. The summed E-state index contributed by atoms with van der Waals surface area (Å²) in [5.74, 6) is -0.297.